The molecule has 0 atom stereocenters. The van der Waals surface area contributed by atoms with Gasteiger partial charge in [-0.2, -0.15) is 0 Å². The lowest BCUT2D eigenvalue weighted by molar-refractivity contribution is 0.0954. The lowest BCUT2D eigenvalue weighted by Gasteiger charge is -2.04. The zero-order valence-electron chi connectivity index (χ0n) is 11.1. The Balaban J connectivity index is 1.65. The Morgan fingerprint density at radius 1 is 1.40 bits per heavy atom. The van der Waals surface area contributed by atoms with Crippen molar-refractivity contribution in [2.24, 2.45) is 0 Å². The lowest BCUT2D eigenvalue weighted by atomic mass is 10.2. The van der Waals surface area contributed by atoms with E-state index in [2.05, 4.69) is 10.3 Å². The van der Waals surface area contributed by atoms with Crippen LogP contribution in [-0.2, 0) is 6.54 Å². The zero-order valence-corrected chi connectivity index (χ0v) is 12.7. The third kappa shape index (κ3) is 3.02. The number of hydrogen-bond acceptors (Lipinski definition) is 3. The van der Waals surface area contributed by atoms with Crippen molar-refractivity contribution in [1.82, 2.24) is 10.3 Å². The Morgan fingerprint density at radius 3 is 2.75 bits per heavy atom. The van der Waals surface area contributed by atoms with E-state index in [1.54, 1.807) is 0 Å². The number of nitrogens with one attached hydrogen (secondary N) is 1. The molecule has 1 amide bonds. The van der Waals surface area contributed by atoms with E-state index >= 15 is 0 Å². The van der Waals surface area contributed by atoms with Crippen molar-refractivity contribution in [2.45, 2.75) is 32.2 Å². The molecule has 0 spiro atoms. The number of rotatable bonds is 4. The molecule has 1 aliphatic carbocycles. The number of nitrogens with zero attached hydrogens (tertiary/aromatic N) is 1. The molecular formula is C15H15ClN2OS. The summed E-state index contributed by atoms with van der Waals surface area (Å²) in [6, 6.07) is 7.48. The van der Waals surface area contributed by atoms with Gasteiger partial charge in [0, 0.05) is 17.5 Å². The molecular weight excluding hydrogens is 292 g/mol. The highest BCUT2D eigenvalue weighted by Crippen LogP contribution is 2.42. The minimum atomic E-state index is -0.0400. The first kappa shape index (κ1) is 13.6. The fraction of sp³-hybridized carbons (Fsp3) is 0.333. The molecule has 1 N–H and O–H groups in total. The highest BCUT2D eigenvalue weighted by atomic mass is 35.5. The molecule has 3 rings (SSSR count). The summed E-state index contributed by atoms with van der Waals surface area (Å²) < 4.78 is 0. The predicted octanol–water partition coefficient (Wildman–Crippen LogP) is 3.91. The van der Waals surface area contributed by atoms with Crippen LogP contribution in [0, 0.1) is 6.92 Å². The number of halogens is 1. The molecule has 2 aromatic rings. The van der Waals surface area contributed by atoms with Crippen LogP contribution in [0.5, 0.6) is 0 Å². The highest BCUT2D eigenvalue weighted by Gasteiger charge is 2.28. The molecule has 0 bridgehead atoms. The summed E-state index contributed by atoms with van der Waals surface area (Å²) in [7, 11) is 0. The van der Waals surface area contributed by atoms with Crippen molar-refractivity contribution in [3.05, 3.63) is 50.4 Å². The van der Waals surface area contributed by atoms with Crippen molar-refractivity contribution >= 4 is 28.8 Å². The number of thiazole rings is 1. The topological polar surface area (TPSA) is 42.0 Å². The van der Waals surface area contributed by atoms with Gasteiger partial charge in [-0.3, -0.25) is 4.79 Å². The van der Waals surface area contributed by atoms with Gasteiger partial charge in [-0.05, 0) is 37.5 Å². The second kappa shape index (κ2) is 5.54. The summed E-state index contributed by atoms with van der Waals surface area (Å²) in [5.74, 6) is 0.554. The van der Waals surface area contributed by atoms with E-state index < -0.39 is 0 Å². The Hall–Kier alpha value is -1.39. The third-order valence-electron chi connectivity index (χ3n) is 3.31. The second-order valence-corrected chi connectivity index (χ2v) is 6.52. The van der Waals surface area contributed by atoms with Crippen LogP contribution >= 0.6 is 22.9 Å². The van der Waals surface area contributed by atoms with E-state index in [-0.39, 0.29) is 5.91 Å². The van der Waals surface area contributed by atoms with Crippen LogP contribution in [0.2, 0.25) is 5.02 Å². The molecule has 1 fully saturated rings. The van der Waals surface area contributed by atoms with E-state index in [9.17, 15) is 4.79 Å². The van der Waals surface area contributed by atoms with Gasteiger partial charge in [0.2, 0.25) is 0 Å². The standard InChI is InChI=1S/C15H15ClN2OS/c1-9-13(20-15(18-9)11-4-5-11)14(19)17-8-10-2-6-12(16)7-3-10/h2-3,6-7,11H,4-5,8H2,1H3,(H,17,19). The van der Waals surface area contributed by atoms with Crippen molar-refractivity contribution in [1.29, 1.82) is 0 Å². The van der Waals surface area contributed by atoms with Crippen molar-refractivity contribution < 1.29 is 4.79 Å². The van der Waals surface area contributed by atoms with Crippen LogP contribution in [0.15, 0.2) is 24.3 Å². The second-order valence-electron chi connectivity index (χ2n) is 5.05. The molecule has 20 heavy (non-hydrogen) atoms. The molecule has 1 aromatic heterocycles. The van der Waals surface area contributed by atoms with Crippen LogP contribution in [0.4, 0.5) is 0 Å². The molecule has 3 nitrogen and oxygen atoms in total. The Bertz CT molecular complexity index is 632. The Kier molecular flexibility index (Phi) is 3.76. The normalized spacial score (nSPS) is 14.3. The first-order chi connectivity index (χ1) is 9.63. The summed E-state index contributed by atoms with van der Waals surface area (Å²) in [5.41, 5.74) is 1.87. The minimum Gasteiger partial charge on any atom is -0.347 e. The number of carbonyl (C=O) groups is 1. The SMILES string of the molecule is Cc1nc(C2CC2)sc1C(=O)NCc1ccc(Cl)cc1. The van der Waals surface area contributed by atoms with E-state index in [4.69, 9.17) is 11.6 Å². The summed E-state index contributed by atoms with van der Waals surface area (Å²) in [6.45, 7) is 2.41. The van der Waals surface area contributed by atoms with Gasteiger partial charge in [0.05, 0.1) is 10.7 Å². The molecule has 1 heterocycles. The van der Waals surface area contributed by atoms with Gasteiger partial charge in [0.15, 0.2) is 0 Å². The summed E-state index contributed by atoms with van der Waals surface area (Å²) in [5, 5.41) is 4.75. The average Bonchev–Trinajstić information content (AvgIpc) is 3.21. The quantitative estimate of drug-likeness (QED) is 0.930. The first-order valence-corrected chi connectivity index (χ1v) is 7.83. The summed E-state index contributed by atoms with van der Waals surface area (Å²) in [6.07, 6.45) is 2.41. The molecule has 0 unspecified atom stereocenters. The van der Waals surface area contributed by atoms with Gasteiger partial charge >= 0.3 is 0 Å². The Morgan fingerprint density at radius 2 is 2.10 bits per heavy atom. The van der Waals surface area contributed by atoms with Crippen molar-refractivity contribution in [2.75, 3.05) is 0 Å². The molecule has 1 aromatic carbocycles. The highest BCUT2D eigenvalue weighted by molar-refractivity contribution is 7.13. The molecule has 5 heteroatoms. The average molecular weight is 307 g/mol. The van der Waals surface area contributed by atoms with Gasteiger partial charge in [0.25, 0.3) is 5.91 Å². The number of hydrogen-bond donors (Lipinski definition) is 1. The summed E-state index contributed by atoms with van der Waals surface area (Å²) >= 11 is 7.37. The van der Waals surface area contributed by atoms with Crippen molar-refractivity contribution in [3.63, 3.8) is 0 Å². The van der Waals surface area contributed by atoms with E-state index in [1.807, 2.05) is 31.2 Å². The van der Waals surface area contributed by atoms with Gasteiger partial charge in [-0.15, -0.1) is 11.3 Å². The van der Waals surface area contributed by atoms with E-state index in [1.165, 1.54) is 24.2 Å². The third-order valence-corrected chi connectivity index (χ3v) is 4.88. The van der Waals surface area contributed by atoms with E-state index in [0.29, 0.717) is 17.5 Å². The van der Waals surface area contributed by atoms with Crippen LogP contribution in [0.3, 0.4) is 0 Å². The predicted molar refractivity (Wildman–Crippen MR) is 81.4 cm³/mol. The van der Waals surface area contributed by atoms with Crippen LogP contribution in [-0.4, -0.2) is 10.9 Å². The molecule has 0 radical (unpaired) electrons. The van der Waals surface area contributed by atoms with Gasteiger partial charge in [0.1, 0.15) is 4.88 Å². The van der Waals surface area contributed by atoms with Crippen LogP contribution in [0.1, 0.15) is 44.7 Å². The number of benzene rings is 1. The first-order valence-electron chi connectivity index (χ1n) is 6.63. The lowest BCUT2D eigenvalue weighted by Crippen LogP contribution is -2.22. The number of aromatic nitrogens is 1. The number of aryl methyl sites for hydroxylation is 1. The van der Waals surface area contributed by atoms with Crippen LogP contribution in [0.25, 0.3) is 0 Å². The smallest absolute Gasteiger partial charge is 0.263 e. The minimum absolute atomic E-state index is 0.0400. The zero-order chi connectivity index (χ0) is 14.1. The fourth-order valence-corrected chi connectivity index (χ4v) is 3.28. The monoisotopic (exact) mass is 306 g/mol. The summed E-state index contributed by atoms with van der Waals surface area (Å²) in [4.78, 5) is 17.4. The number of carbonyl (C=O) groups excluding carboxylic acids is 1. The maximum Gasteiger partial charge on any atom is 0.263 e. The fourth-order valence-electron chi connectivity index (χ4n) is 2.00. The largest absolute Gasteiger partial charge is 0.347 e. The molecule has 1 aliphatic rings. The van der Waals surface area contributed by atoms with Gasteiger partial charge < -0.3 is 5.32 Å². The molecule has 104 valence electrons. The molecule has 0 aliphatic heterocycles. The maximum absolute atomic E-state index is 12.2. The van der Waals surface area contributed by atoms with Crippen molar-refractivity contribution in [3.8, 4) is 0 Å². The van der Waals surface area contributed by atoms with E-state index in [0.717, 1.165) is 21.1 Å². The van der Waals surface area contributed by atoms with Gasteiger partial charge in [-0.1, -0.05) is 23.7 Å². The molecule has 1 saturated carbocycles. The maximum atomic E-state index is 12.2. The van der Waals surface area contributed by atoms with Crippen LogP contribution < -0.4 is 5.32 Å². The Labute approximate surface area is 127 Å². The number of amides is 1. The molecule has 0 saturated heterocycles. The van der Waals surface area contributed by atoms with Gasteiger partial charge in [-0.25, -0.2) is 4.98 Å².